The van der Waals surface area contributed by atoms with E-state index in [1.165, 1.54) is 31.2 Å². The second-order valence-electron chi connectivity index (χ2n) is 7.33. The average Bonchev–Trinajstić information content (AvgIpc) is 3.07. The zero-order valence-electron chi connectivity index (χ0n) is 15.3. The molecular formula is C21H26N2O2. The summed E-state index contributed by atoms with van der Waals surface area (Å²) in [7, 11) is 1.43. The lowest BCUT2D eigenvalue weighted by Gasteiger charge is -2.24. The number of pyridine rings is 1. The van der Waals surface area contributed by atoms with Crippen molar-refractivity contribution in [1.29, 1.82) is 0 Å². The first-order chi connectivity index (χ1) is 12.0. The monoisotopic (exact) mass is 338 g/mol. The Morgan fingerprint density at radius 3 is 2.64 bits per heavy atom. The van der Waals surface area contributed by atoms with Crippen LogP contribution in [-0.4, -0.2) is 18.1 Å². The van der Waals surface area contributed by atoms with Gasteiger partial charge in [0.1, 0.15) is 0 Å². The van der Waals surface area contributed by atoms with Crippen molar-refractivity contribution in [1.82, 2.24) is 4.98 Å². The Balaban J connectivity index is 1.62. The summed E-state index contributed by atoms with van der Waals surface area (Å²) < 4.78 is 4.79. The molecule has 4 heteroatoms. The zero-order chi connectivity index (χ0) is 17.9. The Bertz CT molecular complexity index is 751. The van der Waals surface area contributed by atoms with Gasteiger partial charge in [-0.15, -0.1) is 0 Å². The van der Waals surface area contributed by atoms with E-state index in [1.807, 2.05) is 0 Å². The number of ether oxygens (including phenoxy) is 1. The number of nitrogens with one attached hydrogen (secondary N) is 1. The first kappa shape index (κ1) is 17.5. The second kappa shape index (κ2) is 7.26. The number of carbonyl (C=O) groups is 1. The molecule has 0 radical (unpaired) electrons. The van der Waals surface area contributed by atoms with Gasteiger partial charge in [-0.1, -0.05) is 32.0 Å². The lowest BCUT2D eigenvalue weighted by molar-refractivity contribution is -0.141. The highest BCUT2D eigenvalue weighted by molar-refractivity contribution is 5.71. The van der Waals surface area contributed by atoms with Crippen molar-refractivity contribution in [3.05, 3.63) is 58.9 Å². The van der Waals surface area contributed by atoms with Gasteiger partial charge in [-0.05, 0) is 48.6 Å². The van der Waals surface area contributed by atoms with Crippen LogP contribution in [0.2, 0.25) is 0 Å². The molecule has 1 aliphatic rings. The van der Waals surface area contributed by atoms with Crippen molar-refractivity contribution in [3.63, 3.8) is 0 Å². The molecule has 1 aromatic carbocycles. The highest BCUT2D eigenvalue weighted by atomic mass is 16.5. The third-order valence-corrected chi connectivity index (χ3v) is 4.94. The maximum Gasteiger partial charge on any atom is 0.306 e. The molecule has 0 amide bonds. The van der Waals surface area contributed by atoms with Crippen molar-refractivity contribution < 1.29 is 9.53 Å². The molecule has 3 rings (SSSR count). The first-order valence-corrected chi connectivity index (χ1v) is 8.87. The number of benzene rings is 1. The zero-order valence-corrected chi connectivity index (χ0v) is 15.3. The Kier molecular flexibility index (Phi) is 5.07. The smallest absolute Gasteiger partial charge is 0.306 e. The summed E-state index contributed by atoms with van der Waals surface area (Å²) in [5.74, 6) is -0.185. The van der Waals surface area contributed by atoms with Gasteiger partial charge in [0.15, 0.2) is 0 Å². The Morgan fingerprint density at radius 2 is 1.92 bits per heavy atom. The molecule has 0 fully saturated rings. The molecule has 0 saturated heterocycles. The van der Waals surface area contributed by atoms with Crippen molar-refractivity contribution in [3.8, 4) is 0 Å². The number of anilines is 1. The van der Waals surface area contributed by atoms with Crippen LogP contribution in [0, 0.1) is 0 Å². The molecule has 0 spiro atoms. The van der Waals surface area contributed by atoms with Crippen LogP contribution in [0.4, 0.5) is 5.69 Å². The molecule has 0 bridgehead atoms. The highest BCUT2D eigenvalue weighted by Crippen LogP contribution is 2.28. The van der Waals surface area contributed by atoms with E-state index in [-0.39, 0.29) is 11.4 Å². The van der Waals surface area contributed by atoms with Crippen LogP contribution in [0.3, 0.4) is 0 Å². The van der Waals surface area contributed by atoms with Gasteiger partial charge in [0.25, 0.3) is 0 Å². The van der Waals surface area contributed by atoms with Crippen LogP contribution in [0.1, 0.15) is 49.2 Å². The number of nitrogens with zero attached hydrogens (tertiary/aromatic N) is 1. The third-order valence-electron chi connectivity index (χ3n) is 4.94. The van der Waals surface area contributed by atoms with Crippen LogP contribution in [0.15, 0.2) is 36.4 Å². The number of aromatic nitrogens is 1. The summed E-state index contributed by atoms with van der Waals surface area (Å²) in [5.41, 5.74) is 5.68. The minimum absolute atomic E-state index is 0.185. The number of methoxy groups -OCH3 is 1. The van der Waals surface area contributed by atoms with Crippen molar-refractivity contribution in [2.24, 2.45) is 0 Å². The molecule has 132 valence electrons. The maximum atomic E-state index is 11.6. The molecule has 25 heavy (non-hydrogen) atoms. The topological polar surface area (TPSA) is 51.2 Å². The van der Waals surface area contributed by atoms with Gasteiger partial charge in [-0.2, -0.15) is 0 Å². The summed E-state index contributed by atoms with van der Waals surface area (Å²) in [5, 5.41) is 3.43. The van der Waals surface area contributed by atoms with E-state index in [9.17, 15) is 4.79 Å². The number of carbonyl (C=O) groups excluding carboxylic acids is 1. The minimum atomic E-state index is -0.243. The van der Waals surface area contributed by atoms with Gasteiger partial charge in [0, 0.05) is 16.8 Å². The Labute approximate surface area is 149 Å². The minimum Gasteiger partial charge on any atom is -0.469 e. The highest BCUT2D eigenvalue weighted by Gasteiger charge is 2.24. The van der Waals surface area contributed by atoms with Crippen LogP contribution >= 0.6 is 0 Å². The van der Waals surface area contributed by atoms with E-state index >= 15 is 0 Å². The first-order valence-electron chi connectivity index (χ1n) is 8.87. The van der Waals surface area contributed by atoms with Gasteiger partial charge in [-0.3, -0.25) is 9.78 Å². The molecule has 1 heterocycles. The molecule has 0 saturated carbocycles. The summed E-state index contributed by atoms with van der Waals surface area (Å²) in [4.78, 5) is 16.3. The molecule has 0 aliphatic heterocycles. The van der Waals surface area contributed by atoms with Gasteiger partial charge in [0.05, 0.1) is 25.8 Å². The lowest BCUT2D eigenvalue weighted by Crippen LogP contribution is -2.22. The van der Waals surface area contributed by atoms with Gasteiger partial charge < -0.3 is 10.1 Å². The third kappa shape index (κ3) is 4.19. The largest absolute Gasteiger partial charge is 0.469 e. The molecule has 2 aromatic rings. The fourth-order valence-corrected chi connectivity index (χ4v) is 3.33. The van der Waals surface area contributed by atoms with E-state index in [0.717, 1.165) is 29.9 Å². The fraction of sp³-hybridized carbons (Fsp3) is 0.429. The number of rotatable bonds is 6. The number of hydrogen-bond acceptors (Lipinski definition) is 4. The van der Waals surface area contributed by atoms with Gasteiger partial charge in [0.2, 0.25) is 0 Å². The standard InChI is InChI=1S/C21H26N2O2/c1-21(2,13-20(24)25-3)16-8-11-17(12-9-16)22-14-18-10-7-15-5-4-6-19(15)23-18/h7-12,22H,4-6,13-14H2,1-3H3. The number of hydrogen-bond donors (Lipinski definition) is 1. The molecule has 1 aliphatic carbocycles. The van der Waals surface area contributed by atoms with Crippen molar-refractivity contribution in [2.45, 2.75) is 51.5 Å². The van der Waals surface area contributed by atoms with Crippen LogP contribution < -0.4 is 5.32 Å². The van der Waals surface area contributed by atoms with Crippen LogP contribution in [0.5, 0.6) is 0 Å². The predicted molar refractivity (Wildman–Crippen MR) is 99.7 cm³/mol. The quantitative estimate of drug-likeness (QED) is 0.808. The lowest BCUT2D eigenvalue weighted by atomic mass is 9.81. The molecule has 1 N–H and O–H groups in total. The molecule has 0 unspecified atom stereocenters. The Morgan fingerprint density at radius 1 is 1.16 bits per heavy atom. The fourth-order valence-electron chi connectivity index (χ4n) is 3.33. The molecule has 1 aromatic heterocycles. The number of aryl methyl sites for hydroxylation is 2. The summed E-state index contributed by atoms with van der Waals surface area (Å²) in [6.07, 6.45) is 3.86. The average molecular weight is 338 g/mol. The van der Waals surface area contributed by atoms with Gasteiger partial charge in [-0.25, -0.2) is 0 Å². The number of esters is 1. The van der Waals surface area contributed by atoms with Crippen molar-refractivity contribution >= 4 is 11.7 Å². The molecule has 4 nitrogen and oxygen atoms in total. The Hall–Kier alpha value is -2.36. The SMILES string of the molecule is COC(=O)CC(C)(C)c1ccc(NCc2ccc3c(n2)CCC3)cc1. The van der Waals surface area contributed by atoms with E-state index < -0.39 is 0 Å². The van der Waals surface area contributed by atoms with E-state index in [1.54, 1.807) is 0 Å². The van der Waals surface area contributed by atoms with Crippen LogP contribution in [-0.2, 0) is 34.3 Å². The van der Waals surface area contributed by atoms with Crippen molar-refractivity contribution in [2.75, 3.05) is 12.4 Å². The van der Waals surface area contributed by atoms with E-state index in [2.05, 4.69) is 55.6 Å². The molecular weight excluding hydrogens is 312 g/mol. The molecule has 0 atom stereocenters. The summed E-state index contributed by atoms with van der Waals surface area (Å²) >= 11 is 0. The predicted octanol–water partition coefficient (Wildman–Crippen LogP) is 4.02. The normalized spacial score (nSPS) is 13.4. The summed E-state index contributed by atoms with van der Waals surface area (Å²) in [6.45, 7) is 4.83. The number of fused-ring (bicyclic) bond motifs is 1. The van der Waals surface area contributed by atoms with Gasteiger partial charge >= 0.3 is 5.97 Å². The summed E-state index contributed by atoms with van der Waals surface area (Å²) in [6, 6.07) is 12.6. The van der Waals surface area contributed by atoms with E-state index in [0.29, 0.717) is 6.42 Å². The van der Waals surface area contributed by atoms with Crippen LogP contribution in [0.25, 0.3) is 0 Å². The second-order valence-corrected chi connectivity index (χ2v) is 7.33. The van der Waals surface area contributed by atoms with E-state index in [4.69, 9.17) is 9.72 Å². The maximum absolute atomic E-state index is 11.6.